The van der Waals surface area contributed by atoms with Crippen LogP contribution >= 0.6 is 11.3 Å². The Hall–Kier alpha value is -2.60. The summed E-state index contributed by atoms with van der Waals surface area (Å²) in [6, 6.07) is 11.6. The molecule has 1 saturated heterocycles. The highest BCUT2D eigenvalue weighted by atomic mass is 32.1. The van der Waals surface area contributed by atoms with Gasteiger partial charge in [-0.3, -0.25) is 4.79 Å². The van der Waals surface area contributed by atoms with Gasteiger partial charge in [0, 0.05) is 32.0 Å². The summed E-state index contributed by atoms with van der Waals surface area (Å²) in [5.74, 6) is 0.692. The second-order valence-electron chi connectivity index (χ2n) is 5.94. The first-order valence-corrected chi connectivity index (χ1v) is 9.12. The number of benzene rings is 1. The lowest BCUT2D eigenvalue weighted by molar-refractivity contribution is -0.127. The second-order valence-corrected chi connectivity index (χ2v) is 6.93. The molecule has 0 aliphatic carbocycles. The lowest BCUT2D eigenvalue weighted by Gasteiger charge is -2.30. The number of piperidine rings is 1. The molecule has 3 aromatic rings. The summed E-state index contributed by atoms with van der Waals surface area (Å²) in [6.07, 6.45) is 6.60. The van der Waals surface area contributed by atoms with Crippen LogP contribution in [0.4, 0.5) is 0 Å². The number of carbonyl (C=O) groups excluding carboxylic acids is 1. The lowest BCUT2D eigenvalue weighted by atomic mass is 10.1. The zero-order chi connectivity index (χ0) is 17.1. The molecular formula is C19H18N2O3S. The number of amides is 1. The Balaban J connectivity index is 1.31. The summed E-state index contributed by atoms with van der Waals surface area (Å²) in [4.78, 5) is 18.6. The van der Waals surface area contributed by atoms with Crippen molar-refractivity contribution in [3.8, 4) is 5.19 Å². The zero-order valence-electron chi connectivity index (χ0n) is 13.6. The molecule has 1 aromatic carbocycles. The number of hydrogen-bond acceptors (Lipinski definition) is 5. The van der Waals surface area contributed by atoms with E-state index in [1.54, 1.807) is 35.8 Å². The molecule has 0 N–H and O–H groups in total. The van der Waals surface area contributed by atoms with Crippen LogP contribution in [0.15, 0.2) is 53.2 Å². The number of hydrogen-bond donors (Lipinski definition) is 0. The van der Waals surface area contributed by atoms with E-state index in [9.17, 15) is 4.79 Å². The molecule has 4 rings (SSSR count). The number of para-hydroxylation sites is 1. The number of carbonyl (C=O) groups is 1. The van der Waals surface area contributed by atoms with Gasteiger partial charge in [0.1, 0.15) is 11.9 Å². The fourth-order valence-corrected chi connectivity index (χ4v) is 3.76. The molecule has 2 aromatic heterocycles. The number of thiazole rings is 1. The topological polar surface area (TPSA) is 55.6 Å². The molecule has 5 nitrogen and oxygen atoms in total. The van der Waals surface area contributed by atoms with Crippen molar-refractivity contribution in [2.45, 2.75) is 18.9 Å². The van der Waals surface area contributed by atoms with Crippen molar-refractivity contribution in [1.82, 2.24) is 9.88 Å². The smallest absolute Gasteiger partial charge is 0.274 e. The van der Waals surface area contributed by atoms with Crippen molar-refractivity contribution >= 4 is 33.5 Å². The Morgan fingerprint density at radius 1 is 1.24 bits per heavy atom. The molecule has 3 heterocycles. The van der Waals surface area contributed by atoms with Crippen LogP contribution in [0.25, 0.3) is 16.3 Å². The average molecular weight is 354 g/mol. The molecule has 1 aliphatic heterocycles. The third-order valence-corrected chi connectivity index (χ3v) is 5.16. The van der Waals surface area contributed by atoms with E-state index < -0.39 is 0 Å². The quantitative estimate of drug-likeness (QED) is 0.665. The molecule has 128 valence electrons. The fraction of sp³-hybridized carbons (Fsp3) is 0.263. The van der Waals surface area contributed by atoms with Crippen LogP contribution in [0.2, 0.25) is 0 Å². The first-order valence-electron chi connectivity index (χ1n) is 8.31. The van der Waals surface area contributed by atoms with Crippen LogP contribution in [-0.4, -0.2) is 35.0 Å². The minimum absolute atomic E-state index is 0.00911. The maximum atomic E-state index is 12.2. The van der Waals surface area contributed by atoms with Gasteiger partial charge >= 0.3 is 0 Å². The SMILES string of the molecule is O=C(/C=C/c1ccco1)N1CCC(Oc2nc3ccccc3s2)CC1. The molecule has 1 fully saturated rings. The van der Waals surface area contributed by atoms with Gasteiger partial charge < -0.3 is 14.1 Å². The first-order chi connectivity index (χ1) is 12.3. The van der Waals surface area contributed by atoms with Gasteiger partial charge in [-0.2, -0.15) is 0 Å². The third-order valence-electron chi connectivity index (χ3n) is 4.23. The van der Waals surface area contributed by atoms with E-state index in [0.29, 0.717) is 24.0 Å². The Bertz CT molecular complexity index is 844. The summed E-state index contributed by atoms with van der Waals surface area (Å²) in [5, 5.41) is 0.712. The number of furan rings is 1. The zero-order valence-corrected chi connectivity index (χ0v) is 14.4. The predicted octanol–water partition coefficient (Wildman–Crippen LogP) is 3.97. The highest BCUT2D eigenvalue weighted by molar-refractivity contribution is 7.20. The lowest BCUT2D eigenvalue weighted by Crippen LogP contribution is -2.41. The van der Waals surface area contributed by atoms with Crippen LogP contribution in [0.5, 0.6) is 5.19 Å². The van der Waals surface area contributed by atoms with Crippen molar-refractivity contribution < 1.29 is 13.9 Å². The van der Waals surface area contributed by atoms with Crippen molar-refractivity contribution in [2.24, 2.45) is 0 Å². The van der Waals surface area contributed by atoms with Crippen LogP contribution in [-0.2, 0) is 4.79 Å². The summed E-state index contributed by atoms with van der Waals surface area (Å²) >= 11 is 1.57. The van der Waals surface area contributed by atoms with E-state index in [1.165, 1.54) is 0 Å². The van der Waals surface area contributed by atoms with E-state index in [-0.39, 0.29) is 12.0 Å². The van der Waals surface area contributed by atoms with Gasteiger partial charge in [-0.25, -0.2) is 4.98 Å². The molecule has 0 unspecified atom stereocenters. The standard InChI is InChI=1S/C19H18N2O3S/c22-18(8-7-14-4-3-13-23-14)21-11-9-15(10-12-21)24-19-20-16-5-1-2-6-17(16)25-19/h1-8,13,15H,9-12H2/b8-7+. The van der Waals surface area contributed by atoms with Crippen LogP contribution < -0.4 is 4.74 Å². The minimum Gasteiger partial charge on any atom is -0.467 e. The highest BCUT2D eigenvalue weighted by Crippen LogP contribution is 2.29. The minimum atomic E-state index is 0.00911. The van der Waals surface area contributed by atoms with Crippen LogP contribution in [0, 0.1) is 0 Å². The molecule has 0 spiro atoms. The Morgan fingerprint density at radius 2 is 2.08 bits per heavy atom. The third kappa shape index (κ3) is 3.74. The van der Waals surface area contributed by atoms with E-state index in [1.807, 2.05) is 35.2 Å². The normalized spacial score (nSPS) is 15.9. The molecule has 0 bridgehead atoms. The van der Waals surface area contributed by atoms with Crippen molar-refractivity contribution in [3.05, 3.63) is 54.5 Å². The van der Waals surface area contributed by atoms with Gasteiger partial charge in [0.25, 0.3) is 5.19 Å². The monoisotopic (exact) mass is 354 g/mol. The van der Waals surface area contributed by atoms with Gasteiger partial charge in [-0.05, 0) is 30.3 Å². The molecule has 1 amide bonds. The van der Waals surface area contributed by atoms with Crippen molar-refractivity contribution in [3.63, 3.8) is 0 Å². The van der Waals surface area contributed by atoms with Gasteiger partial charge in [0.2, 0.25) is 5.91 Å². The largest absolute Gasteiger partial charge is 0.467 e. The number of ether oxygens (including phenoxy) is 1. The summed E-state index contributed by atoms with van der Waals surface area (Å²) < 4.78 is 12.4. The van der Waals surface area contributed by atoms with E-state index in [0.717, 1.165) is 23.1 Å². The van der Waals surface area contributed by atoms with Gasteiger partial charge in [0.05, 0.1) is 16.5 Å². The molecule has 0 saturated carbocycles. The molecule has 0 atom stereocenters. The van der Waals surface area contributed by atoms with Crippen molar-refractivity contribution in [2.75, 3.05) is 13.1 Å². The van der Waals surface area contributed by atoms with Gasteiger partial charge in [-0.15, -0.1) is 0 Å². The fourth-order valence-electron chi connectivity index (χ4n) is 2.88. The number of rotatable bonds is 4. The van der Waals surface area contributed by atoms with Crippen LogP contribution in [0.1, 0.15) is 18.6 Å². The van der Waals surface area contributed by atoms with Gasteiger partial charge in [0.15, 0.2) is 0 Å². The number of likely N-dealkylation sites (tertiary alicyclic amines) is 1. The maximum absolute atomic E-state index is 12.2. The number of nitrogens with zero attached hydrogens (tertiary/aromatic N) is 2. The van der Waals surface area contributed by atoms with Crippen LogP contribution in [0.3, 0.4) is 0 Å². The molecule has 1 aliphatic rings. The molecular weight excluding hydrogens is 336 g/mol. The summed E-state index contributed by atoms with van der Waals surface area (Å²) in [6.45, 7) is 1.38. The number of aromatic nitrogens is 1. The first kappa shape index (κ1) is 15.9. The summed E-state index contributed by atoms with van der Waals surface area (Å²) in [7, 11) is 0. The summed E-state index contributed by atoms with van der Waals surface area (Å²) in [5.41, 5.74) is 0.971. The molecule has 0 radical (unpaired) electrons. The number of fused-ring (bicyclic) bond motifs is 1. The maximum Gasteiger partial charge on any atom is 0.274 e. The average Bonchev–Trinajstić information content (AvgIpc) is 3.29. The Morgan fingerprint density at radius 3 is 2.84 bits per heavy atom. The van der Waals surface area contributed by atoms with E-state index in [2.05, 4.69) is 4.98 Å². The Kier molecular flexibility index (Phi) is 4.52. The predicted molar refractivity (Wildman–Crippen MR) is 97.6 cm³/mol. The second kappa shape index (κ2) is 7.11. The molecule has 6 heteroatoms. The Labute approximate surface area is 149 Å². The van der Waals surface area contributed by atoms with E-state index >= 15 is 0 Å². The van der Waals surface area contributed by atoms with E-state index in [4.69, 9.17) is 9.15 Å². The van der Waals surface area contributed by atoms with Crippen molar-refractivity contribution in [1.29, 1.82) is 0 Å². The highest BCUT2D eigenvalue weighted by Gasteiger charge is 2.23. The van der Waals surface area contributed by atoms with Gasteiger partial charge in [-0.1, -0.05) is 23.5 Å². The molecule has 25 heavy (non-hydrogen) atoms.